The molecule has 1 aromatic rings. The number of carboxylic acid groups (broad SMARTS) is 1. The van der Waals surface area contributed by atoms with E-state index >= 15 is 0 Å². The molecule has 6 nitrogen and oxygen atoms in total. The van der Waals surface area contributed by atoms with E-state index in [9.17, 15) is 9.59 Å². The molecule has 120 valence electrons. The smallest absolute Gasteiger partial charge is 0.305 e. The fourth-order valence-electron chi connectivity index (χ4n) is 2.29. The minimum absolute atomic E-state index is 0.0377. The summed E-state index contributed by atoms with van der Waals surface area (Å²) >= 11 is 0. The molecular weight excluding hydrogens is 286 g/mol. The zero-order valence-corrected chi connectivity index (χ0v) is 13.0. The zero-order valence-electron chi connectivity index (χ0n) is 13.0. The molecule has 1 aromatic carbocycles. The standard InChI is InChI=1S/C16H21NO5/c1-10(2)16(3,9-13(18)19)17-15(20)11-5-4-6-12-14(11)22-8-7-21-12/h4-6,10H,7-9H2,1-3H3,(H,17,20)(H,18,19). The number of nitrogens with one attached hydrogen (secondary N) is 1. The molecule has 2 rings (SSSR count). The fourth-order valence-corrected chi connectivity index (χ4v) is 2.29. The van der Waals surface area contributed by atoms with Crippen LogP contribution in [-0.2, 0) is 4.79 Å². The van der Waals surface area contributed by atoms with Gasteiger partial charge in [-0.05, 0) is 25.0 Å². The van der Waals surface area contributed by atoms with Crippen LogP contribution in [0.25, 0.3) is 0 Å². The largest absolute Gasteiger partial charge is 0.486 e. The lowest BCUT2D eigenvalue weighted by Crippen LogP contribution is -2.51. The van der Waals surface area contributed by atoms with E-state index in [1.807, 2.05) is 13.8 Å². The van der Waals surface area contributed by atoms with Crippen molar-refractivity contribution in [2.75, 3.05) is 13.2 Å². The Balaban J connectivity index is 2.26. The lowest BCUT2D eigenvalue weighted by molar-refractivity contribution is -0.138. The number of carbonyl (C=O) groups is 2. The SMILES string of the molecule is CC(C)C(C)(CC(=O)O)NC(=O)c1cccc2c1OCCO2. The van der Waals surface area contributed by atoms with Gasteiger partial charge >= 0.3 is 5.97 Å². The summed E-state index contributed by atoms with van der Waals surface area (Å²) < 4.78 is 11.0. The minimum Gasteiger partial charge on any atom is -0.486 e. The van der Waals surface area contributed by atoms with Crippen LogP contribution in [0.15, 0.2) is 18.2 Å². The zero-order chi connectivity index (χ0) is 16.3. The van der Waals surface area contributed by atoms with Crippen molar-refractivity contribution < 1.29 is 24.2 Å². The summed E-state index contributed by atoms with van der Waals surface area (Å²) in [5, 5.41) is 11.9. The summed E-state index contributed by atoms with van der Waals surface area (Å²) in [6.07, 6.45) is -0.150. The van der Waals surface area contributed by atoms with Crippen molar-refractivity contribution >= 4 is 11.9 Å². The van der Waals surface area contributed by atoms with Gasteiger partial charge < -0.3 is 19.9 Å². The number of ether oxygens (including phenoxy) is 2. The van der Waals surface area contributed by atoms with Crippen molar-refractivity contribution in [3.63, 3.8) is 0 Å². The number of hydrogen-bond acceptors (Lipinski definition) is 4. The Kier molecular flexibility index (Phi) is 4.59. The maximum absolute atomic E-state index is 12.6. The van der Waals surface area contributed by atoms with Crippen LogP contribution in [0.4, 0.5) is 0 Å². The van der Waals surface area contributed by atoms with Gasteiger partial charge in [-0.3, -0.25) is 9.59 Å². The minimum atomic E-state index is -0.953. The van der Waals surface area contributed by atoms with E-state index in [4.69, 9.17) is 14.6 Å². The molecule has 22 heavy (non-hydrogen) atoms. The van der Waals surface area contributed by atoms with Crippen molar-refractivity contribution in [3.8, 4) is 11.5 Å². The Bertz CT molecular complexity index is 584. The Morgan fingerprint density at radius 2 is 2.00 bits per heavy atom. The van der Waals surface area contributed by atoms with Gasteiger partial charge in [0.15, 0.2) is 11.5 Å². The second-order valence-corrected chi connectivity index (χ2v) is 5.93. The lowest BCUT2D eigenvalue weighted by Gasteiger charge is -2.34. The van der Waals surface area contributed by atoms with E-state index in [1.54, 1.807) is 25.1 Å². The number of fused-ring (bicyclic) bond motifs is 1. The predicted molar refractivity (Wildman–Crippen MR) is 80.4 cm³/mol. The Labute approximate surface area is 129 Å². The van der Waals surface area contributed by atoms with Crippen LogP contribution in [0.1, 0.15) is 37.6 Å². The first-order chi connectivity index (χ1) is 10.3. The summed E-state index contributed by atoms with van der Waals surface area (Å²) in [5.74, 6) is -0.411. The maximum atomic E-state index is 12.6. The quantitative estimate of drug-likeness (QED) is 0.870. The molecule has 6 heteroatoms. The van der Waals surface area contributed by atoms with Crippen molar-refractivity contribution in [2.24, 2.45) is 5.92 Å². The molecule has 2 N–H and O–H groups in total. The molecule has 1 aliphatic rings. The average molecular weight is 307 g/mol. The van der Waals surface area contributed by atoms with E-state index in [1.165, 1.54) is 0 Å². The number of carboxylic acids is 1. The molecule has 1 unspecified atom stereocenters. The van der Waals surface area contributed by atoms with Crippen molar-refractivity contribution in [3.05, 3.63) is 23.8 Å². The van der Waals surface area contributed by atoms with Crippen LogP contribution in [0.5, 0.6) is 11.5 Å². The highest BCUT2D eigenvalue weighted by Crippen LogP contribution is 2.34. The summed E-state index contributed by atoms with van der Waals surface area (Å²) in [6, 6.07) is 5.10. The molecule has 0 radical (unpaired) electrons. The van der Waals surface area contributed by atoms with Crippen LogP contribution in [-0.4, -0.2) is 35.7 Å². The second-order valence-electron chi connectivity index (χ2n) is 5.93. The third kappa shape index (κ3) is 3.32. The molecule has 1 atom stereocenters. The van der Waals surface area contributed by atoms with Crippen LogP contribution >= 0.6 is 0 Å². The normalized spacial score (nSPS) is 16.0. The number of amides is 1. The van der Waals surface area contributed by atoms with E-state index in [0.717, 1.165) is 0 Å². The van der Waals surface area contributed by atoms with Crippen LogP contribution in [0.2, 0.25) is 0 Å². The molecular formula is C16H21NO5. The van der Waals surface area contributed by atoms with E-state index < -0.39 is 11.5 Å². The highest BCUT2D eigenvalue weighted by molar-refractivity contribution is 5.98. The van der Waals surface area contributed by atoms with Gasteiger partial charge in [0.05, 0.1) is 17.5 Å². The second kappa shape index (κ2) is 6.25. The number of hydrogen-bond donors (Lipinski definition) is 2. The van der Waals surface area contributed by atoms with Gasteiger partial charge in [-0.15, -0.1) is 0 Å². The first-order valence-corrected chi connectivity index (χ1v) is 7.26. The molecule has 0 saturated heterocycles. The Morgan fingerprint density at radius 3 is 2.64 bits per heavy atom. The highest BCUT2D eigenvalue weighted by atomic mass is 16.6. The van der Waals surface area contributed by atoms with Crippen molar-refractivity contribution in [1.82, 2.24) is 5.32 Å². The Morgan fingerprint density at radius 1 is 1.32 bits per heavy atom. The molecule has 0 aromatic heterocycles. The summed E-state index contributed by atoms with van der Waals surface area (Å²) in [6.45, 7) is 6.32. The number of para-hydroxylation sites is 1. The first kappa shape index (κ1) is 16.1. The maximum Gasteiger partial charge on any atom is 0.305 e. The summed E-state index contributed by atoms with van der Waals surface area (Å²) in [4.78, 5) is 23.7. The summed E-state index contributed by atoms with van der Waals surface area (Å²) in [5.41, 5.74) is -0.490. The predicted octanol–water partition coefficient (Wildman–Crippen LogP) is 2.08. The molecule has 1 aliphatic heterocycles. The fraction of sp³-hybridized carbons (Fsp3) is 0.500. The third-order valence-electron chi connectivity index (χ3n) is 4.00. The molecule has 0 bridgehead atoms. The molecule has 0 aliphatic carbocycles. The Hall–Kier alpha value is -2.24. The van der Waals surface area contributed by atoms with Gasteiger partial charge in [-0.1, -0.05) is 19.9 Å². The number of benzene rings is 1. The number of rotatable bonds is 5. The van der Waals surface area contributed by atoms with Gasteiger partial charge in [-0.2, -0.15) is 0 Å². The molecule has 0 spiro atoms. The van der Waals surface area contributed by atoms with E-state index in [-0.39, 0.29) is 18.2 Å². The van der Waals surface area contributed by atoms with Crippen molar-refractivity contribution in [2.45, 2.75) is 32.7 Å². The first-order valence-electron chi connectivity index (χ1n) is 7.26. The lowest BCUT2D eigenvalue weighted by atomic mass is 9.85. The van der Waals surface area contributed by atoms with Crippen LogP contribution in [0.3, 0.4) is 0 Å². The average Bonchev–Trinajstić information content (AvgIpc) is 2.45. The van der Waals surface area contributed by atoms with Crippen LogP contribution < -0.4 is 14.8 Å². The summed E-state index contributed by atoms with van der Waals surface area (Å²) in [7, 11) is 0. The van der Waals surface area contributed by atoms with E-state index in [0.29, 0.717) is 30.3 Å². The van der Waals surface area contributed by atoms with Crippen LogP contribution in [0, 0.1) is 5.92 Å². The highest BCUT2D eigenvalue weighted by Gasteiger charge is 2.34. The van der Waals surface area contributed by atoms with Gasteiger partial charge in [0.1, 0.15) is 13.2 Å². The van der Waals surface area contributed by atoms with Gasteiger partial charge in [0.25, 0.3) is 5.91 Å². The van der Waals surface area contributed by atoms with Gasteiger partial charge in [0.2, 0.25) is 0 Å². The van der Waals surface area contributed by atoms with Gasteiger partial charge in [-0.25, -0.2) is 0 Å². The molecule has 1 amide bonds. The topological polar surface area (TPSA) is 84.9 Å². The van der Waals surface area contributed by atoms with Crippen molar-refractivity contribution in [1.29, 1.82) is 0 Å². The molecule has 0 saturated carbocycles. The number of aliphatic carboxylic acids is 1. The monoisotopic (exact) mass is 307 g/mol. The molecule has 0 fully saturated rings. The number of carbonyl (C=O) groups excluding carboxylic acids is 1. The third-order valence-corrected chi connectivity index (χ3v) is 4.00. The van der Waals surface area contributed by atoms with Gasteiger partial charge in [0, 0.05) is 0 Å². The van der Waals surface area contributed by atoms with E-state index in [2.05, 4.69) is 5.32 Å². The molecule has 1 heterocycles.